The van der Waals surface area contributed by atoms with Gasteiger partial charge in [-0.3, -0.25) is 0 Å². The molecule has 0 atom stereocenters. The van der Waals surface area contributed by atoms with Gasteiger partial charge in [-0.1, -0.05) is 6.92 Å². The minimum absolute atomic E-state index is 0.176. The zero-order valence-electron chi connectivity index (χ0n) is 7.86. The van der Waals surface area contributed by atoms with E-state index < -0.39 is 9.84 Å². The van der Waals surface area contributed by atoms with Crippen molar-refractivity contribution in [2.45, 2.75) is 6.92 Å². The highest BCUT2D eigenvalue weighted by atomic mass is 32.2. The molecule has 0 bridgehead atoms. The predicted molar refractivity (Wildman–Crippen MR) is 53.0 cm³/mol. The second kappa shape index (κ2) is 4.62. The topological polar surface area (TPSA) is 49.4 Å². The van der Waals surface area contributed by atoms with Crippen LogP contribution in [0, 0.1) is 0 Å². The molecule has 1 fully saturated rings. The first-order valence-electron chi connectivity index (χ1n) is 4.50. The Bertz CT molecular complexity index is 266. The molecule has 0 saturated carbocycles. The summed E-state index contributed by atoms with van der Waals surface area (Å²) in [5.41, 5.74) is 0. The Hall–Kier alpha value is -0.550. The summed E-state index contributed by atoms with van der Waals surface area (Å²) in [5.74, 6) is 0.176. The van der Waals surface area contributed by atoms with E-state index in [1.807, 2.05) is 4.90 Å². The van der Waals surface area contributed by atoms with E-state index in [0.717, 1.165) is 26.2 Å². The lowest BCUT2D eigenvalue weighted by molar-refractivity contribution is 0.324. The summed E-state index contributed by atoms with van der Waals surface area (Å²) in [6.07, 6.45) is 1.68. The summed E-state index contributed by atoms with van der Waals surface area (Å²) in [6.45, 7) is 5.27. The molecule has 76 valence electrons. The number of rotatable bonds is 3. The van der Waals surface area contributed by atoms with Gasteiger partial charge in [-0.05, 0) is 0 Å². The van der Waals surface area contributed by atoms with Crippen molar-refractivity contribution >= 4 is 9.84 Å². The zero-order chi connectivity index (χ0) is 9.73. The number of nitrogens with zero attached hydrogens (tertiary/aromatic N) is 1. The molecular formula is C8H16N2O2S. The Kier molecular flexibility index (Phi) is 3.74. The van der Waals surface area contributed by atoms with Gasteiger partial charge in [0.25, 0.3) is 0 Å². The molecule has 1 aliphatic heterocycles. The molecule has 1 saturated heterocycles. The van der Waals surface area contributed by atoms with Crippen molar-refractivity contribution in [2.75, 3.05) is 31.9 Å². The fraction of sp³-hybridized carbons (Fsp3) is 0.750. The van der Waals surface area contributed by atoms with E-state index in [0.29, 0.717) is 0 Å². The maximum atomic E-state index is 11.1. The first kappa shape index (κ1) is 10.5. The Balaban J connectivity index is 2.47. The van der Waals surface area contributed by atoms with Crippen molar-refractivity contribution in [2.24, 2.45) is 0 Å². The van der Waals surface area contributed by atoms with Crippen molar-refractivity contribution in [3.8, 4) is 0 Å². The summed E-state index contributed by atoms with van der Waals surface area (Å²) in [4.78, 5) is 2.02. The van der Waals surface area contributed by atoms with Crippen LogP contribution >= 0.6 is 0 Å². The molecule has 0 amide bonds. The summed E-state index contributed by atoms with van der Waals surface area (Å²) in [7, 11) is -2.96. The lowest BCUT2D eigenvalue weighted by Gasteiger charge is -2.25. The molecule has 4 nitrogen and oxygen atoms in total. The zero-order valence-corrected chi connectivity index (χ0v) is 8.68. The maximum absolute atomic E-state index is 11.1. The van der Waals surface area contributed by atoms with E-state index in [4.69, 9.17) is 0 Å². The van der Waals surface area contributed by atoms with Crippen LogP contribution in [-0.4, -0.2) is 45.2 Å². The average Bonchev–Trinajstić information content (AvgIpc) is 2.17. The molecule has 13 heavy (non-hydrogen) atoms. The summed E-state index contributed by atoms with van der Waals surface area (Å²) >= 11 is 0. The maximum Gasteiger partial charge on any atom is 0.172 e. The lowest BCUT2D eigenvalue weighted by Crippen LogP contribution is -2.40. The van der Waals surface area contributed by atoms with Crippen LogP contribution in [0.15, 0.2) is 11.6 Å². The van der Waals surface area contributed by atoms with Gasteiger partial charge in [0.15, 0.2) is 9.84 Å². The van der Waals surface area contributed by atoms with E-state index in [2.05, 4.69) is 5.32 Å². The van der Waals surface area contributed by atoms with Gasteiger partial charge in [0.05, 0.1) is 5.75 Å². The second-order valence-corrected chi connectivity index (χ2v) is 5.20. The van der Waals surface area contributed by atoms with Crippen LogP contribution in [0.5, 0.6) is 0 Å². The van der Waals surface area contributed by atoms with E-state index in [9.17, 15) is 8.42 Å². The number of sulfone groups is 1. The Morgan fingerprint density at radius 1 is 1.38 bits per heavy atom. The van der Waals surface area contributed by atoms with Gasteiger partial charge in [-0.2, -0.15) is 0 Å². The van der Waals surface area contributed by atoms with Crippen molar-refractivity contribution in [3.05, 3.63) is 11.6 Å². The SMILES string of the molecule is CCS(=O)(=O)C=CN1CCNCC1. The van der Waals surface area contributed by atoms with Gasteiger partial charge < -0.3 is 10.2 Å². The van der Waals surface area contributed by atoms with E-state index in [1.165, 1.54) is 5.41 Å². The predicted octanol–water partition coefficient (Wildman–Crippen LogP) is -0.202. The van der Waals surface area contributed by atoms with Crippen LogP contribution in [0.25, 0.3) is 0 Å². The second-order valence-electron chi connectivity index (χ2n) is 3.02. The molecule has 0 aromatic carbocycles. The normalized spacial score (nSPS) is 19.6. The van der Waals surface area contributed by atoms with Gasteiger partial charge in [0.1, 0.15) is 0 Å². The van der Waals surface area contributed by atoms with Crippen LogP contribution in [0.1, 0.15) is 6.92 Å². The van der Waals surface area contributed by atoms with Crippen LogP contribution in [0.3, 0.4) is 0 Å². The molecule has 1 heterocycles. The number of hydrogen-bond acceptors (Lipinski definition) is 4. The molecule has 1 N–H and O–H groups in total. The highest BCUT2D eigenvalue weighted by Crippen LogP contribution is 1.97. The molecule has 0 aliphatic carbocycles. The van der Waals surface area contributed by atoms with E-state index >= 15 is 0 Å². The van der Waals surface area contributed by atoms with Gasteiger partial charge in [-0.15, -0.1) is 0 Å². The van der Waals surface area contributed by atoms with Crippen molar-refractivity contribution in [3.63, 3.8) is 0 Å². The molecule has 0 spiro atoms. The van der Waals surface area contributed by atoms with Gasteiger partial charge >= 0.3 is 0 Å². The molecule has 0 unspecified atom stereocenters. The molecule has 0 aromatic rings. The van der Waals surface area contributed by atoms with Crippen molar-refractivity contribution < 1.29 is 8.42 Å². The quantitative estimate of drug-likeness (QED) is 0.691. The minimum Gasteiger partial charge on any atom is -0.374 e. The third kappa shape index (κ3) is 3.78. The minimum atomic E-state index is -2.96. The Morgan fingerprint density at radius 2 is 2.00 bits per heavy atom. The smallest absolute Gasteiger partial charge is 0.172 e. The fourth-order valence-corrected chi connectivity index (χ4v) is 1.66. The first-order valence-corrected chi connectivity index (χ1v) is 6.21. The van der Waals surface area contributed by atoms with Gasteiger partial charge in [0, 0.05) is 37.8 Å². The monoisotopic (exact) mass is 204 g/mol. The average molecular weight is 204 g/mol. The fourth-order valence-electron chi connectivity index (χ4n) is 1.11. The molecule has 0 radical (unpaired) electrons. The largest absolute Gasteiger partial charge is 0.374 e. The highest BCUT2D eigenvalue weighted by Gasteiger charge is 2.06. The van der Waals surface area contributed by atoms with Crippen LogP contribution < -0.4 is 5.32 Å². The lowest BCUT2D eigenvalue weighted by atomic mass is 10.4. The standard InChI is InChI=1S/C8H16N2O2S/c1-2-13(11,12)8-7-10-5-3-9-4-6-10/h7-9H,2-6H2,1H3. The highest BCUT2D eigenvalue weighted by molar-refractivity contribution is 7.94. The van der Waals surface area contributed by atoms with Crippen LogP contribution in [0.2, 0.25) is 0 Å². The van der Waals surface area contributed by atoms with Crippen LogP contribution in [-0.2, 0) is 9.84 Å². The van der Waals surface area contributed by atoms with Gasteiger partial charge in [0.2, 0.25) is 0 Å². The summed E-state index contributed by atoms with van der Waals surface area (Å²) < 4.78 is 22.2. The number of hydrogen-bond donors (Lipinski definition) is 1. The molecule has 1 aliphatic rings. The molecule has 0 aromatic heterocycles. The van der Waals surface area contributed by atoms with Gasteiger partial charge in [-0.25, -0.2) is 8.42 Å². The van der Waals surface area contributed by atoms with E-state index in [-0.39, 0.29) is 5.75 Å². The summed E-state index contributed by atoms with van der Waals surface area (Å²) in [5, 5.41) is 4.50. The molecular weight excluding hydrogens is 188 g/mol. The first-order chi connectivity index (χ1) is 6.14. The van der Waals surface area contributed by atoms with E-state index in [1.54, 1.807) is 13.1 Å². The number of piperazine rings is 1. The van der Waals surface area contributed by atoms with Crippen molar-refractivity contribution in [1.29, 1.82) is 0 Å². The van der Waals surface area contributed by atoms with Crippen molar-refractivity contribution in [1.82, 2.24) is 10.2 Å². The Labute approximate surface area is 79.5 Å². The third-order valence-corrected chi connectivity index (χ3v) is 3.37. The number of nitrogens with one attached hydrogen (secondary N) is 1. The molecule has 5 heteroatoms. The Morgan fingerprint density at radius 3 is 2.54 bits per heavy atom. The summed E-state index contributed by atoms with van der Waals surface area (Å²) in [6, 6.07) is 0. The molecule has 1 rings (SSSR count). The third-order valence-electron chi connectivity index (χ3n) is 2.03. The van der Waals surface area contributed by atoms with Crippen LogP contribution in [0.4, 0.5) is 0 Å².